The van der Waals surface area contributed by atoms with Gasteiger partial charge in [-0.05, 0) is 29.3 Å². The van der Waals surface area contributed by atoms with Gasteiger partial charge in [-0.3, -0.25) is 4.79 Å². The Morgan fingerprint density at radius 3 is 2.71 bits per heavy atom. The molecule has 2 heterocycles. The van der Waals surface area contributed by atoms with Crippen LogP contribution in [-0.4, -0.2) is 16.2 Å². The molecule has 0 aliphatic carbocycles. The molecule has 0 spiro atoms. The molecule has 1 N–H and O–H groups in total. The van der Waals surface area contributed by atoms with Gasteiger partial charge in [0.05, 0.1) is 11.6 Å². The summed E-state index contributed by atoms with van der Waals surface area (Å²) in [5.74, 6) is -0.278. The van der Waals surface area contributed by atoms with Crippen LogP contribution >= 0.6 is 15.9 Å². The summed E-state index contributed by atoms with van der Waals surface area (Å²) in [5.41, 5.74) is 6.81. The van der Waals surface area contributed by atoms with Crippen LogP contribution in [0.1, 0.15) is 23.5 Å². The van der Waals surface area contributed by atoms with Crippen LogP contribution in [-0.2, 0) is 11.8 Å². The van der Waals surface area contributed by atoms with Gasteiger partial charge in [0.2, 0.25) is 5.91 Å². The van der Waals surface area contributed by atoms with Gasteiger partial charge in [-0.2, -0.15) is 5.10 Å². The number of aromatic nitrogens is 1. The summed E-state index contributed by atoms with van der Waals surface area (Å²) in [5, 5.41) is 5.39. The van der Waals surface area contributed by atoms with Gasteiger partial charge in [0.15, 0.2) is 0 Å². The lowest BCUT2D eigenvalue weighted by Crippen LogP contribution is -2.33. The summed E-state index contributed by atoms with van der Waals surface area (Å²) in [6.45, 7) is 0. The number of rotatable bonds is 2. The van der Waals surface area contributed by atoms with E-state index < -0.39 is 0 Å². The molecule has 120 valence electrons. The van der Waals surface area contributed by atoms with Crippen molar-refractivity contribution in [2.45, 2.75) is 12.3 Å². The van der Waals surface area contributed by atoms with Crippen molar-refractivity contribution in [3.8, 4) is 0 Å². The summed E-state index contributed by atoms with van der Waals surface area (Å²) >= 11 is 3.45. The minimum Gasteiger partial charge on any atom is -0.350 e. The molecule has 2 aromatic carbocycles. The minimum atomic E-state index is -0.229. The third kappa shape index (κ3) is 2.55. The van der Waals surface area contributed by atoms with Crippen LogP contribution in [0.5, 0.6) is 0 Å². The first-order valence-corrected chi connectivity index (χ1v) is 8.59. The Balaban J connectivity index is 1.74. The van der Waals surface area contributed by atoms with Crippen molar-refractivity contribution < 1.29 is 4.79 Å². The number of hydrazone groups is 1. The van der Waals surface area contributed by atoms with Gasteiger partial charge in [0.25, 0.3) is 0 Å². The number of fused-ring (bicyclic) bond motifs is 1. The lowest BCUT2D eigenvalue weighted by atomic mass is 9.89. The quantitative estimate of drug-likeness (QED) is 0.717. The highest BCUT2D eigenvalue weighted by atomic mass is 79.9. The zero-order valence-corrected chi connectivity index (χ0v) is 14.7. The van der Waals surface area contributed by atoms with E-state index in [1.807, 2.05) is 43.4 Å². The number of nitrogens with one attached hydrogen (secondary N) is 1. The maximum absolute atomic E-state index is 12.4. The standard InChI is InChI=1S/C19H16BrN3O/c1-23-11-16(14-4-2-3-5-18(14)23)15-10-17(21-22-19(15)24)12-6-8-13(20)9-7-12/h2-9,11,15H,10H2,1H3,(H,22,24)/t15-/m1/s1. The molecular formula is C19H16BrN3O. The number of amides is 1. The molecule has 4 rings (SSSR count). The van der Waals surface area contributed by atoms with Gasteiger partial charge < -0.3 is 4.57 Å². The van der Waals surface area contributed by atoms with E-state index in [1.54, 1.807) is 0 Å². The molecule has 5 heteroatoms. The molecule has 0 saturated heterocycles. The fourth-order valence-corrected chi connectivity index (χ4v) is 3.52. The molecule has 1 amide bonds. The van der Waals surface area contributed by atoms with Crippen LogP contribution in [0.25, 0.3) is 10.9 Å². The normalized spacial score (nSPS) is 17.7. The fraction of sp³-hybridized carbons (Fsp3) is 0.158. The fourth-order valence-electron chi connectivity index (χ4n) is 3.26. The zero-order valence-electron chi connectivity index (χ0n) is 13.2. The summed E-state index contributed by atoms with van der Waals surface area (Å²) in [6.07, 6.45) is 2.65. The molecule has 1 aliphatic rings. The van der Waals surface area contributed by atoms with E-state index in [0.29, 0.717) is 6.42 Å². The summed E-state index contributed by atoms with van der Waals surface area (Å²) in [7, 11) is 2.01. The first-order valence-electron chi connectivity index (χ1n) is 7.80. The molecular weight excluding hydrogens is 366 g/mol. The molecule has 1 aliphatic heterocycles. The molecule has 1 aromatic heterocycles. The zero-order chi connectivity index (χ0) is 16.7. The first-order chi connectivity index (χ1) is 11.6. The first kappa shape index (κ1) is 15.1. The minimum absolute atomic E-state index is 0.0489. The highest BCUT2D eigenvalue weighted by Crippen LogP contribution is 2.32. The summed E-state index contributed by atoms with van der Waals surface area (Å²) in [4.78, 5) is 12.4. The van der Waals surface area contributed by atoms with Gasteiger partial charge in [-0.15, -0.1) is 0 Å². The van der Waals surface area contributed by atoms with Crippen molar-refractivity contribution in [2.75, 3.05) is 0 Å². The van der Waals surface area contributed by atoms with Crippen molar-refractivity contribution >= 4 is 38.5 Å². The average Bonchev–Trinajstić information content (AvgIpc) is 2.93. The van der Waals surface area contributed by atoms with Crippen molar-refractivity contribution in [3.63, 3.8) is 0 Å². The maximum Gasteiger partial charge on any atom is 0.248 e. The van der Waals surface area contributed by atoms with Crippen molar-refractivity contribution in [3.05, 3.63) is 70.3 Å². The van der Waals surface area contributed by atoms with Gasteiger partial charge in [-0.1, -0.05) is 46.3 Å². The van der Waals surface area contributed by atoms with Crippen LogP contribution in [0.3, 0.4) is 0 Å². The van der Waals surface area contributed by atoms with Crippen molar-refractivity contribution in [1.82, 2.24) is 9.99 Å². The topological polar surface area (TPSA) is 46.4 Å². The van der Waals surface area contributed by atoms with E-state index in [9.17, 15) is 4.79 Å². The molecule has 0 fully saturated rings. The van der Waals surface area contributed by atoms with Crippen LogP contribution < -0.4 is 5.43 Å². The van der Waals surface area contributed by atoms with Gasteiger partial charge in [-0.25, -0.2) is 5.43 Å². The Labute approximate surface area is 148 Å². The highest BCUT2D eigenvalue weighted by Gasteiger charge is 2.29. The molecule has 0 saturated carbocycles. The van der Waals surface area contributed by atoms with Gasteiger partial charge in [0.1, 0.15) is 0 Å². The van der Waals surface area contributed by atoms with E-state index in [1.165, 1.54) is 0 Å². The monoisotopic (exact) mass is 381 g/mol. The average molecular weight is 382 g/mol. The maximum atomic E-state index is 12.4. The number of carbonyl (C=O) groups is 1. The molecule has 1 atom stereocenters. The second-order valence-electron chi connectivity index (χ2n) is 6.01. The van der Waals surface area contributed by atoms with Crippen LogP contribution in [0.15, 0.2) is 64.3 Å². The lowest BCUT2D eigenvalue weighted by molar-refractivity contribution is -0.122. The second-order valence-corrected chi connectivity index (χ2v) is 6.93. The Kier molecular flexibility index (Phi) is 3.73. The molecule has 4 nitrogen and oxygen atoms in total. The summed E-state index contributed by atoms with van der Waals surface area (Å²) in [6, 6.07) is 16.2. The Morgan fingerprint density at radius 1 is 1.17 bits per heavy atom. The number of nitrogens with zero attached hydrogens (tertiary/aromatic N) is 2. The van der Waals surface area contributed by atoms with Crippen LogP contribution in [0, 0.1) is 0 Å². The second kappa shape index (κ2) is 5.91. The van der Waals surface area contributed by atoms with E-state index in [0.717, 1.165) is 32.2 Å². The van der Waals surface area contributed by atoms with Crippen molar-refractivity contribution in [1.29, 1.82) is 0 Å². The number of benzene rings is 2. The van der Waals surface area contributed by atoms with Gasteiger partial charge >= 0.3 is 0 Å². The SMILES string of the molecule is Cn1cc([C@H]2CC(c3ccc(Br)cc3)=NNC2=O)c2ccccc21. The Morgan fingerprint density at radius 2 is 1.92 bits per heavy atom. The molecule has 0 bridgehead atoms. The van der Waals surface area contributed by atoms with E-state index in [-0.39, 0.29) is 11.8 Å². The number of hydrogen-bond acceptors (Lipinski definition) is 2. The number of carbonyl (C=O) groups excluding carboxylic acids is 1. The molecule has 0 unspecified atom stereocenters. The molecule has 0 radical (unpaired) electrons. The van der Waals surface area contributed by atoms with E-state index in [2.05, 4.69) is 49.4 Å². The predicted octanol–water partition coefficient (Wildman–Crippen LogP) is 3.95. The van der Waals surface area contributed by atoms with Crippen LogP contribution in [0.2, 0.25) is 0 Å². The highest BCUT2D eigenvalue weighted by molar-refractivity contribution is 9.10. The molecule has 3 aromatic rings. The number of hydrogen-bond donors (Lipinski definition) is 1. The van der Waals surface area contributed by atoms with E-state index >= 15 is 0 Å². The Hall–Kier alpha value is -2.40. The third-order valence-electron chi connectivity index (χ3n) is 4.50. The number of halogens is 1. The molecule has 24 heavy (non-hydrogen) atoms. The predicted molar refractivity (Wildman–Crippen MR) is 99.1 cm³/mol. The largest absolute Gasteiger partial charge is 0.350 e. The number of para-hydroxylation sites is 1. The Bertz CT molecular complexity index is 956. The van der Waals surface area contributed by atoms with E-state index in [4.69, 9.17) is 0 Å². The van der Waals surface area contributed by atoms with Gasteiger partial charge in [0, 0.05) is 35.0 Å². The lowest BCUT2D eigenvalue weighted by Gasteiger charge is -2.21. The summed E-state index contributed by atoms with van der Waals surface area (Å²) < 4.78 is 3.10. The third-order valence-corrected chi connectivity index (χ3v) is 5.02. The smallest absolute Gasteiger partial charge is 0.248 e. The number of aryl methyl sites for hydroxylation is 1. The van der Waals surface area contributed by atoms with Crippen LogP contribution in [0.4, 0.5) is 0 Å². The van der Waals surface area contributed by atoms with Crippen molar-refractivity contribution in [2.24, 2.45) is 12.1 Å².